The summed E-state index contributed by atoms with van der Waals surface area (Å²) < 4.78 is 12.9. The molecule has 1 aliphatic heterocycles. The summed E-state index contributed by atoms with van der Waals surface area (Å²) in [5.74, 6) is -0.869. The lowest BCUT2D eigenvalue weighted by Gasteiger charge is -2.17. The Balaban J connectivity index is 1.61. The molecule has 0 aliphatic carbocycles. The molecule has 1 aliphatic rings. The van der Waals surface area contributed by atoms with Gasteiger partial charge < -0.3 is 10.2 Å². The quantitative estimate of drug-likeness (QED) is 0.835. The molecule has 2 amide bonds. The van der Waals surface area contributed by atoms with Crippen molar-refractivity contribution in [3.05, 3.63) is 59.9 Å². The van der Waals surface area contributed by atoms with Crippen molar-refractivity contribution in [2.75, 3.05) is 17.7 Å². The Morgan fingerprint density at radius 3 is 2.76 bits per heavy atom. The number of halogens is 1. The summed E-state index contributed by atoms with van der Waals surface area (Å²) in [4.78, 5) is 27.4. The molecule has 1 saturated heterocycles. The summed E-state index contributed by atoms with van der Waals surface area (Å²) in [6, 6.07) is 13.7. The van der Waals surface area contributed by atoms with E-state index < -0.39 is 0 Å². The number of thioether (sulfide) groups is 1. The molecule has 1 unspecified atom stereocenters. The van der Waals surface area contributed by atoms with Crippen LogP contribution in [0.2, 0.25) is 0 Å². The van der Waals surface area contributed by atoms with Crippen molar-refractivity contribution in [1.82, 2.24) is 5.32 Å². The van der Waals surface area contributed by atoms with E-state index in [-0.39, 0.29) is 30.0 Å². The van der Waals surface area contributed by atoms with Gasteiger partial charge in [-0.1, -0.05) is 18.2 Å². The summed E-state index contributed by atoms with van der Waals surface area (Å²) >= 11 is 1.61. The highest BCUT2D eigenvalue weighted by Gasteiger charge is 2.35. The molecule has 0 aromatic heterocycles. The number of hydrogen-bond acceptors (Lipinski definition) is 3. The van der Waals surface area contributed by atoms with Crippen LogP contribution in [0.15, 0.2) is 53.4 Å². The fraction of sp³-hybridized carbons (Fsp3) is 0.263. The second-order valence-electron chi connectivity index (χ2n) is 5.95. The van der Waals surface area contributed by atoms with E-state index in [1.54, 1.807) is 28.8 Å². The van der Waals surface area contributed by atoms with Gasteiger partial charge in [0, 0.05) is 30.1 Å². The van der Waals surface area contributed by atoms with E-state index in [1.165, 1.54) is 12.1 Å². The van der Waals surface area contributed by atoms with E-state index >= 15 is 0 Å². The number of anilines is 1. The van der Waals surface area contributed by atoms with E-state index in [2.05, 4.69) is 5.32 Å². The number of nitrogens with zero attached hydrogens (tertiary/aromatic N) is 1. The molecular weight excluding hydrogens is 339 g/mol. The number of rotatable bonds is 5. The lowest BCUT2D eigenvalue weighted by Crippen LogP contribution is -2.32. The number of nitrogens with one attached hydrogen (secondary N) is 1. The highest BCUT2D eigenvalue weighted by atomic mass is 32.2. The van der Waals surface area contributed by atoms with Crippen LogP contribution < -0.4 is 10.2 Å². The molecule has 2 aromatic rings. The van der Waals surface area contributed by atoms with Crippen LogP contribution in [0.1, 0.15) is 12.0 Å². The van der Waals surface area contributed by atoms with E-state index in [0.29, 0.717) is 13.1 Å². The van der Waals surface area contributed by atoms with Gasteiger partial charge in [-0.25, -0.2) is 4.39 Å². The number of carbonyl (C=O) groups is 2. The molecule has 1 heterocycles. The zero-order valence-corrected chi connectivity index (χ0v) is 14.7. The first-order chi connectivity index (χ1) is 12.1. The smallest absolute Gasteiger partial charge is 0.227 e. The fourth-order valence-electron chi connectivity index (χ4n) is 2.85. The summed E-state index contributed by atoms with van der Waals surface area (Å²) in [7, 11) is 0. The van der Waals surface area contributed by atoms with Crippen LogP contribution in [-0.4, -0.2) is 24.6 Å². The average molecular weight is 358 g/mol. The molecule has 0 saturated carbocycles. The van der Waals surface area contributed by atoms with Crippen LogP contribution in [0, 0.1) is 11.7 Å². The van der Waals surface area contributed by atoms with Crippen molar-refractivity contribution >= 4 is 29.3 Å². The van der Waals surface area contributed by atoms with Gasteiger partial charge in [0.25, 0.3) is 0 Å². The van der Waals surface area contributed by atoms with Crippen LogP contribution in [0.25, 0.3) is 0 Å². The molecule has 130 valence electrons. The van der Waals surface area contributed by atoms with Gasteiger partial charge >= 0.3 is 0 Å². The van der Waals surface area contributed by atoms with Crippen LogP contribution in [0.5, 0.6) is 0 Å². The minimum absolute atomic E-state index is 0.0415. The Morgan fingerprint density at radius 2 is 2.04 bits per heavy atom. The number of hydrogen-bond donors (Lipinski definition) is 1. The molecule has 0 spiro atoms. The summed E-state index contributed by atoms with van der Waals surface area (Å²) in [5.41, 5.74) is 1.65. The monoisotopic (exact) mass is 358 g/mol. The maximum absolute atomic E-state index is 12.9. The Bertz CT molecular complexity index is 779. The Labute approximate surface area is 150 Å². The predicted molar refractivity (Wildman–Crippen MR) is 96.9 cm³/mol. The molecule has 3 rings (SSSR count). The van der Waals surface area contributed by atoms with Crippen molar-refractivity contribution in [3.8, 4) is 0 Å². The maximum atomic E-state index is 12.9. The van der Waals surface area contributed by atoms with Crippen LogP contribution in [0.3, 0.4) is 0 Å². The molecule has 0 bridgehead atoms. The van der Waals surface area contributed by atoms with Gasteiger partial charge in [0.2, 0.25) is 11.8 Å². The van der Waals surface area contributed by atoms with Crippen LogP contribution in [0.4, 0.5) is 10.1 Å². The minimum Gasteiger partial charge on any atom is -0.352 e. The van der Waals surface area contributed by atoms with Crippen LogP contribution >= 0.6 is 11.8 Å². The van der Waals surface area contributed by atoms with E-state index in [9.17, 15) is 14.0 Å². The van der Waals surface area contributed by atoms with E-state index in [1.807, 2.05) is 30.5 Å². The topological polar surface area (TPSA) is 49.4 Å². The van der Waals surface area contributed by atoms with Crippen molar-refractivity contribution in [2.24, 2.45) is 5.92 Å². The SMILES string of the molecule is CSc1cccc(N2CC(C(=O)NCc3ccc(F)cc3)CC2=O)c1. The van der Waals surface area contributed by atoms with Gasteiger partial charge in [-0.15, -0.1) is 11.8 Å². The van der Waals surface area contributed by atoms with Crippen LogP contribution in [-0.2, 0) is 16.1 Å². The molecule has 1 atom stereocenters. The maximum Gasteiger partial charge on any atom is 0.227 e. The number of benzene rings is 2. The van der Waals surface area contributed by atoms with Gasteiger partial charge in [0.15, 0.2) is 0 Å². The van der Waals surface area contributed by atoms with Gasteiger partial charge in [-0.05, 0) is 42.2 Å². The first-order valence-electron chi connectivity index (χ1n) is 8.03. The molecule has 1 N–H and O–H groups in total. The molecule has 4 nitrogen and oxygen atoms in total. The first kappa shape index (κ1) is 17.5. The number of carbonyl (C=O) groups excluding carboxylic acids is 2. The van der Waals surface area contributed by atoms with Crippen molar-refractivity contribution in [2.45, 2.75) is 17.9 Å². The lowest BCUT2D eigenvalue weighted by atomic mass is 10.1. The standard InChI is InChI=1S/C19H19FN2O2S/c1-25-17-4-2-3-16(10-17)22-12-14(9-18(22)23)19(24)21-11-13-5-7-15(20)8-6-13/h2-8,10,14H,9,11-12H2,1H3,(H,21,24). The zero-order valence-electron chi connectivity index (χ0n) is 13.9. The predicted octanol–water partition coefficient (Wildman–Crippen LogP) is 3.22. The normalized spacial score (nSPS) is 17.0. The fourth-order valence-corrected chi connectivity index (χ4v) is 3.30. The van der Waals surface area contributed by atoms with Gasteiger partial charge in [-0.3, -0.25) is 9.59 Å². The summed E-state index contributed by atoms with van der Waals surface area (Å²) in [5, 5.41) is 2.83. The van der Waals surface area contributed by atoms with Crippen molar-refractivity contribution in [1.29, 1.82) is 0 Å². The molecule has 0 radical (unpaired) electrons. The average Bonchev–Trinajstić information content (AvgIpc) is 3.03. The molecule has 25 heavy (non-hydrogen) atoms. The second kappa shape index (κ2) is 7.70. The van der Waals surface area contributed by atoms with E-state index in [0.717, 1.165) is 16.1 Å². The lowest BCUT2D eigenvalue weighted by molar-refractivity contribution is -0.126. The highest BCUT2D eigenvalue weighted by molar-refractivity contribution is 7.98. The molecule has 6 heteroatoms. The summed E-state index contributed by atoms with van der Waals surface area (Å²) in [6.45, 7) is 0.706. The van der Waals surface area contributed by atoms with Gasteiger partial charge in [0.05, 0.1) is 5.92 Å². The molecule has 2 aromatic carbocycles. The first-order valence-corrected chi connectivity index (χ1v) is 9.26. The third kappa shape index (κ3) is 4.20. The third-order valence-corrected chi connectivity index (χ3v) is 4.97. The Kier molecular flexibility index (Phi) is 5.38. The third-order valence-electron chi connectivity index (χ3n) is 4.24. The van der Waals surface area contributed by atoms with Gasteiger partial charge in [0.1, 0.15) is 5.82 Å². The second-order valence-corrected chi connectivity index (χ2v) is 6.83. The largest absolute Gasteiger partial charge is 0.352 e. The minimum atomic E-state index is -0.370. The summed E-state index contributed by atoms with van der Waals surface area (Å²) in [6.07, 6.45) is 2.19. The number of amides is 2. The van der Waals surface area contributed by atoms with Gasteiger partial charge in [-0.2, -0.15) is 0 Å². The Morgan fingerprint density at radius 1 is 1.28 bits per heavy atom. The Hall–Kier alpha value is -2.34. The van der Waals surface area contributed by atoms with E-state index in [4.69, 9.17) is 0 Å². The van der Waals surface area contributed by atoms with Crippen molar-refractivity contribution < 1.29 is 14.0 Å². The molecular formula is C19H19FN2O2S. The highest BCUT2D eigenvalue weighted by Crippen LogP contribution is 2.28. The molecule has 1 fully saturated rings. The van der Waals surface area contributed by atoms with Crippen molar-refractivity contribution in [3.63, 3.8) is 0 Å². The zero-order chi connectivity index (χ0) is 17.8.